The van der Waals surface area contributed by atoms with E-state index >= 15 is 0 Å². The van der Waals surface area contributed by atoms with E-state index in [1.165, 1.54) is 7.11 Å². The van der Waals surface area contributed by atoms with Crippen molar-refractivity contribution in [1.82, 2.24) is 0 Å². The summed E-state index contributed by atoms with van der Waals surface area (Å²) in [5, 5.41) is 3.08. The van der Waals surface area contributed by atoms with Crippen molar-refractivity contribution in [2.24, 2.45) is 11.5 Å². The van der Waals surface area contributed by atoms with Crippen molar-refractivity contribution in [3.8, 4) is 5.75 Å². The first-order chi connectivity index (χ1) is 9.54. The van der Waals surface area contributed by atoms with Gasteiger partial charge in [-0.05, 0) is 24.3 Å². The fraction of sp³-hybridized carbons (Fsp3) is 0.231. The molecule has 7 nitrogen and oxygen atoms in total. The number of methoxy groups -OCH3 is 1. The molecule has 5 N–H and O–H groups in total. The number of anilines is 1. The van der Waals surface area contributed by atoms with Crippen LogP contribution in [0.25, 0.3) is 0 Å². The molecule has 7 heteroatoms. The predicted octanol–water partition coefficient (Wildman–Crippen LogP) is 0.858. The number of primary amides is 2. The van der Waals surface area contributed by atoms with Crippen molar-refractivity contribution in [3.63, 3.8) is 0 Å². The zero-order chi connectivity index (χ0) is 15.0. The van der Waals surface area contributed by atoms with Gasteiger partial charge in [0.2, 0.25) is 5.91 Å². The molecule has 1 aromatic rings. The Morgan fingerprint density at radius 1 is 1.30 bits per heavy atom. The Bertz CT molecular complexity index is 514. The van der Waals surface area contributed by atoms with E-state index in [0.717, 1.165) is 5.69 Å². The number of ether oxygens (including phenoxy) is 2. The fourth-order valence-electron chi connectivity index (χ4n) is 1.44. The van der Waals surface area contributed by atoms with Gasteiger partial charge < -0.3 is 26.3 Å². The average Bonchev–Trinajstić information content (AvgIpc) is 2.42. The summed E-state index contributed by atoms with van der Waals surface area (Å²) in [5.41, 5.74) is 11.1. The second kappa shape index (κ2) is 7.67. The Hall–Kier alpha value is -2.70. The van der Waals surface area contributed by atoms with Gasteiger partial charge in [0.05, 0.1) is 12.8 Å². The zero-order valence-corrected chi connectivity index (χ0v) is 11.1. The lowest BCUT2D eigenvalue weighted by Gasteiger charge is -2.10. The second-order valence-electron chi connectivity index (χ2n) is 3.76. The molecule has 0 radical (unpaired) electrons. The normalized spacial score (nSPS) is 10.2. The maximum atomic E-state index is 11.1. The monoisotopic (exact) mass is 279 g/mol. The number of nitrogens with one attached hydrogen (secondary N) is 1. The highest BCUT2D eigenvalue weighted by molar-refractivity contribution is 5.93. The van der Waals surface area contributed by atoms with Crippen LogP contribution in [0.4, 0.5) is 10.5 Å². The van der Waals surface area contributed by atoms with Crippen molar-refractivity contribution in [1.29, 1.82) is 0 Å². The molecule has 0 saturated heterocycles. The summed E-state index contributed by atoms with van der Waals surface area (Å²) >= 11 is 0. The van der Waals surface area contributed by atoms with E-state index < -0.39 is 12.0 Å². The number of carbonyl (C=O) groups excluding carboxylic acids is 2. The molecule has 0 aliphatic heterocycles. The lowest BCUT2D eigenvalue weighted by molar-refractivity contribution is 0.1000. The molecule has 0 atom stereocenters. The number of carbonyl (C=O) groups is 2. The third-order valence-corrected chi connectivity index (χ3v) is 2.38. The van der Waals surface area contributed by atoms with Gasteiger partial charge in [-0.25, -0.2) is 4.79 Å². The fourth-order valence-corrected chi connectivity index (χ4v) is 1.44. The summed E-state index contributed by atoms with van der Waals surface area (Å²) in [6.45, 7) is 0.614. The number of rotatable bonds is 7. The van der Waals surface area contributed by atoms with Crippen LogP contribution in [0.5, 0.6) is 5.75 Å². The SMILES string of the molecule is COc1cc(C(N)=O)ccc1NC/C=C/COC(N)=O. The third-order valence-electron chi connectivity index (χ3n) is 2.38. The van der Waals surface area contributed by atoms with E-state index in [-0.39, 0.29) is 6.61 Å². The molecule has 108 valence electrons. The van der Waals surface area contributed by atoms with Gasteiger partial charge >= 0.3 is 6.09 Å². The molecular weight excluding hydrogens is 262 g/mol. The number of nitrogens with two attached hydrogens (primary N) is 2. The Morgan fingerprint density at radius 2 is 2.05 bits per heavy atom. The summed E-state index contributed by atoms with van der Waals surface area (Å²) in [6.07, 6.45) is 2.61. The minimum absolute atomic E-state index is 0.120. The van der Waals surface area contributed by atoms with Gasteiger partial charge in [-0.2, -0.15) is 0 Å². The molecular formula is C13H17N3O4. The molecule has 0 aliphatic rings. The average molecular weight is 279 g/mol. The van der Waals surface area contributed by atoms with Gasteiger partial charge in [-0.1, -0.05) is 6.08 Å². The number of hydrogen-bond acceptors (Lipinski definition) is 5. The molecule has 2 amide bonds. The highest BCUT2D eigenvalue weighted by Crippen LogP contribution is 2.25. The van der Waals surface area contributed by atoms with Gasteiger partial charge in [0.25, 0.3) is 0 Å². The van der Waals surface area contributed by atoms with Crippen LogP contribution >= 0.6 is 0 Å². The molecule has 0 spiro atoms. The molecule has 0 heterocycles. The summed E-state index contributed by atoms with van der Waals surface area (Å²) < 4.78 is 9.69. The smallest absolute Gasteiger partial charge is 0.404 e. The molecule has 1 aromatic carbocycles. The number of benzene rings is 1. The maximum Gasteiger partial charge on any atom is 0.404 e. The summed E-state index contributed by atoms with van der Waals surface area (Å²) in [5.74, 6) is 0.00133. The van der Waals surface area contributed by atoms with Crippen molar-refractivity contribution >= 4 is 17.7 Å². The molecule has 0 unspecified atom stereocenters. The van der Waals surface area contributed by atoms with Gasteiger partial charge in [-0.15, -0.1) is 0 Å². The van der Waals surface area contributed by atoms with Crippen LogP contribution in [0.1, 0.15) is 10.4 Å². The van der Waals surface area contributed by atoms with Gasteiger partial charge in [0, 0.05) is 12.1 Å². The highest BCUT2D eigenvalue weighted by Gasteiger charge is 2.06. The molecule has 1 rings (SSSR count). The first-order valence-corrected chi connectivity index (χ1v) is 5.83. The van der Waals surface area contributed by atoms with E-state index in [0.29, 0.717) is 17.9 Å². The Morgan fingerprint density at radius 3 is 2.65 bits per heavy atom. The first-order valence-electron chi connectivity index (χ1n) is 5.83. The minimum Gasteiger partial charge on any atom is -0.495 e. The van der Waals surface area contributed by atoms with Crippen LogP contribution in [0.15, 0.2) is 30.4 Å². The topological polar surface area (TPSA) is 117 Å². The Balaban J connectivity index is 2.55. The van der Waals surface area contributed by atoms with Gasteiger partial charge in [0.1, 0.15) is 12.4 Å². The van der Waals surface area contributed by atoms with Crippen molar-refractivity contribution in [2.75, 3.05) is 25.6 Å². The molecule has 0 aromatic heterocycles. The van der Waals surface area contributed by atoms with E-state index in [1.54, 1.807) is 30.4 Å². The quantitative estimate of drug-likeness (QED) is 0.640. The lowest BCUT2D eigenvalue weighted by Crippen LogP contribution is -2.13. The van der Waals surface area contributed by atoms with Crippen molar-refractivity contribution < 1.29 is 19.1 Å². The molecule has 0 bridgehead atoms. The second-order valence-corrected chi connectivity index (χ2v) is 3.76. The first kappa shape index (κ1) is 15.4. The predicted molar refractivity (Wildman–Crippen MR) is 74.7 cm³/mol. The third kappa shape index (κ3) is 4.89. The van der Waals surface area contributed by atoms with Gasteiger partial charge in [-0.3, -0.25) is 4.79 Å². The van der Waals surface area contributed by atoms with E-state index in [1.807, 2.05) is 0 Å². The van der Waals surface area contributed by atoms with Crippen LogP contribution < -0.4 is 21.5 Å². The lowest BCUT2D eigenvalue weighted by atomic mass is 10.2. The highest BCUT2D eigenvalue weighted by atomic mass is 16.5. The molecule has 0 aliphatic carbocycles. The summed E-state index contributed by atoms with van der Waals surface area (Å²) in [6, 6.07) is 4.87. The number of hydrogen-bond donors (Lipinski definition) is 3. The van der Waals surface area contributed by atoms with Crippen LogP contribution in [-0.4, -0.2) is 32.3 Å². The van der Waals surface area contributed by atoms with Crippen LogP contribution in [0.3, 0.4) is 0 Å². The molecule has 0 saturated carbocycles. The Labute approximate surface area is 116 Å². The summed E-state index contributed by atoms with van der Waals surface area (Å²) in [4.78, 5) is 21.4. The van der Waals surface area contributed by atoms with Crippen molar-refractivity contribution in [3.05, 3.63) is 35.9 Å². The van der Waals surface area contributed by atoms with Crippen LogP contribution in [-0.2, 0) is 4.74 Å². The summed E-state index contributed by atoms with van der Waals surface area (Å²) in [7, 11) is 1.50. The largest absolute Gasteiger partial charge is 0.495 e. The molecule has 20 heavy (non-hydrogen) atoms. The van der Waals surface area contributed by atoms with E-state index in [9.17, 15) is 9.59 Å². The van der Waals surface area contributed by atoms with Crippen LogP contribution in [0, 0.1) is 0 Å². The molecule has 0 fully saturated rings. The maximum absolute atomic E-state index is 11.1. The Kier molecular flexibility index (Phi) is 5.89. The minimum atomic E-state index is -0.814. The van der Waals surface area contributed by atoms with Crippen molar-refractivity contribution in [2.45, 2.75) is 0 Å². The van der Waals surface area contributed by atoms with E-state index in [4.69, 9.17) is 16.2 Å². The van der Waals surface area contributed by atoms with Crippen LogP contribution in [0.2, 0.25) is 0 Å². The number of amides is 2. The van der Waals surface area contributed by atoms with E-state index in [2.05, 4.69) is 10.1 Å². The standard InChI is InChI=1S/C13H17N3O4/c1-19-11-8-9(12(14)17)4-5-10(11)16-6-2-3-7-20-13(15)18/h2-5,8,16H,6-7H2,1H3,(H2,14,17)(H2,15,18)/b3-2+. The van der Waals surface area contributed by atoms with Gasteiger partial charge in [0.15, 0.2) is 0 Å². The zero-order valence-electron chi connectivity index (χ0n) is 11.1.